The molecule has 0 saturated carbocycles. The van der Waals surface area contributed by atoms with Crippen LogP contribution in [0.3, 0.4) is 0 Å². The third kappa shape index (κ3) is 3.91. The fourth-order valence-corrected chi connectivity index (χ4v) is 2.98. The number of hydrogen-bond acceptors (Lipinski definition) is 8. The Balaban J connectivity index is 1.78. The maximum Gasteiger partial charge on any atom is 0.222 e. The van der Waals surface area contributed by atoms with Gasteiger partial charge in [-0.15, -0.1) is 0 Å². The van der Waals surface area contributed by atoms with Crippen LogP contribution in [0.5, 0.6) is 17.2 Å². The van der Waals surface area contributed by atoms with Crippen molar-refractivity contribution < 1.29 is 18.9 Å². The highest BCUT2D eigenvalue weighted by atomic mass is 16.5. The first kappa shape index (κ1) is 18.1. The van der Waals surface area contributed by atoms with Crippen molar-refractivity contribution in [3.63, 3.8) is 0 Å². The number of methoxy groups -OCH3 is 3. The molecule has 1 aromatic heterocycles. The van der Waals surface area contributed by atoms with Gasteiger partial charge >= 0.3 is 0 Å². The van der Waals surface area contributed by atoms with E-state index in [1.807, 2.05) is 18.2 Å². The third-order valence-electron chi connectivity index (χ3n) is 4.31. The van der Waals surface area contributed by atoms with Crippen molar-refractivity contribution in [3.05, 3.63) is 29.5 Å². The lowest BCUT2D eigenvalue weighted by molar-refractivity contribution is 0.193. The van der Waals surface area contributed by atoms with Crippen molar-refractivity contribution in [2.45, 2.75) is 18.9 Å². The summed E-state index contributed by atoms with van der Waals surface area (Å²) in [6, 6.07) is 5.71. The highest BCUT2D eigenvalue weighted by Gasteiger charge is 2.20. The van der Waals surface area contributed by atoms with E-state index in [-0.39, 0.29) is 11.9 Å². The van der Waals surface area contributed by atoms with Gasteiger partial charge in [-0.1, -0.05) is 0 Å². The predicted molar refractivity (Wildman–Crippen MR) is 98.0 cm³/mol. The molecule has 1 aromatic carbocycles. The van der Waals surface area contributed by atoms with Gasteiger partial charge in [0.15, 0.2) is 11.5 Å². The van der Waals surface area contributed by atoms with E-state index in [9.17, 15) is 0 Å². The minimum absolute atomic E-state index is 0.252. The lowest BCUT2D eigenvalue weighted by Gasteiger charge is -2.15. The second-order valence-electron chi connectivity index (χ2n) is 5.98. The largest absolute Gasteiger partial charge is 0.493 e. The zero-order valence-corrected chi connectivity index (χ0v) is 15.2. The van der Waals surface area contributed by atoms with E-state index in [0.717, 1.165) is 24.3 Å². The molecule has 8 heteroatoms. The number of aromatic nitrogens is 2. The molecule has 1 atom stereocenters. The van der Waals surface area contributed by atoms with Crippen LogP contribution in [0.2, 0.25) is 0 Å². The van der Waals surface area contributed by atoms with E-state index in [4.69, 9.17) is 24.7 Å². The second-order valence-corrected chi connectivity index (χ2v) is 5.98. The van der Waals surface area contributed by atoms with E-state index in [0.29, 0.717) is 36.2 Å². The zero-order chi connectivity index (χ0) is 18.5. The Morgan fingerprint density at radius 2 is 1.85 bits per heavy atom. The minimum atomic E-state index is 0.252. The van der Waals surface area contributed by atoms with E-state index < -0.39 is 0 Å². The summed E-state index contributed by atoms with van der Waals surface area (Å²) in [6.07, 6.45) is 0.947. The highest BCUT2D eigenvalue weighted by Crippen LogP contribution is 2.38. The number of nitrogens with one attached hydrogen (secondary N) is 1. The fourth-order valence-electron chi connectivity index (χ4n) is 2.98. The van der Waals surface area contributed by atoms with Crippen LogP contribution in [-0.2, 0) is 11.3 Å². The van der Waals surface area contributed by atoms with Gasteiger partial charge in [-0.25, -0.2) is 4.98 Å². The maximum absolute atomic E-state index is 5.87. The second kappa shape index (κ2) is 8.09. The lowest BCUT2D eigenvalue weighted by Crippen LogP contribution is -2.09. The van der Waals surface area contributed by atoms with Gasteiger partial charge in [0.2, 0.25) is 11.7 Å². The fraction of sp³-hybridized carbons (Fsp3) is 0.444. The summed E-state index contributed by atoms with van der Waals surface area (Å²) in [5, 5.41) is 3.28. The Kier molecular flexibility index (Phi) is 5.62. The van der Waals surface area contributed by atoms with E-state index in [1.54, 1.807) is 21.3 Å². The molecule has 0 bridgehead atoms. The Hall–Kier alpha value is -2.74. The van der Waals surface area contributed by atoms with Crippen LogP contribution in [0.4, 0.5) is 11.8 Å². The molecule has 0 spiro atoms. The molecule has 0 aliphatic carbocycles. The van der Waals surface area contributed by atoms with Gasteiger partial charge in [0.05, 0.1) is 33.6 Å². The van der Waals surface area contributed by atoms with Crippen molar-refractivity contribution in [1.82, 2.24) is 9.97 Å². The van der Waals surface area contributed by atoms with Crippen LogP contribution in [0.15, 0.2) is 18.2 Å². The molecule has 1 fully saturated rings. The Morgan fingerprint density at radius 3 is 2.42 bits per heavy atom. The SMILES string of the molecule is COc1cc(CNc2cc([C@@H]3CCOC3)nc(N)n2)cc(OC)c1OC. The number of nitrogen functional groups attached to an aromatic ring is 1. The molecule has 0 amide bonds. The molecule has 2 heterocycles. The van der Waals surface area contributed by atoms with Gasteiger partial charge in [-0.05, 0) is 24.1 Å². The van der Waals surface area contributed by atoms with Crippen LogP contribution in [0, 0.1) is 0 Å². The lowest BCUT2D eigenvalue weighted by atomic mass is 10.0. The first-order chi connectivity index (χ1) is 12.6. The first-order valence-electron chi connectivity index (χ1n) is 8.39. The average molecular weight is 360 g/mol. The molecule has 2 aromatic rings. The molecule has 140 valence electrons. The number of nitrogens with two attached hydrogens (primary N) is 1. The van der Waals surface area contributed by atoms with Gasteiger partial charge in [-0.2, -0.15) is 4.98 Å². The summed E-state index contributed by atoms with van der Waals surface area (Å²) in [7, 11) is 4.77. The molecule has 8 nitrogen and oxygen atoms in total. The monoisotopic (exact) mass is 360 g/mol. The Labute approximate surface area is 152 Å². The van der Waals surface area contributed by atoms with Gasteiger partial charge in [0, 0.05) is 25.1 Å². The standard InChI is InChI=1S/C18H24N4O4/c1-23-14-6-11(7-15(24-2)17(14)25-3)9-20-16-8-13(21-18(19)22-16)12-4-5-26-10-12/h6-8,12H,4-5,9-10H2,1-3H3,(H3,19,20,21,22)/t12-/m1/s1. The summed E-state index contributed by atoms with van der Waals surface area (Å²) < 4.78 is 21.5. The predicted octanol–water partition coefficient (Wildman–Crippen LogP) is 2.20. The van der Waals surface area contributed by atoms with Crippen molar-refractivity contribution in [3.8, 4) is 17.2 Å². The smallest absolute Gasteiger partial charge is 0.222 e. The number of benzene rings is 1. The quantitative estimate of drug-likeness (QED) is 0.775. The molecule has 26 heavy (non-hydrogen) atoms. The number of anilines is 2. The molecule has 0 radical (unpaired) electrons. The van der Waals surface area contributed by atoms with Crippen LogP contribution in [0.25, 0.3) is 0 Å². The van der Waals surface area contributed by atoms with Crippen LogP contribution in [0.1, 0.15) is 23.6 Å². The molecular weight excluding hydrogens is 336 g/mol. The zero-order valence-electron chi connectivity index (χ0n) is 15.2. The van der Waals surface area contributed by atoms with E-state index >= 15 is 0 Å². The highest BCUT2D eigenvalue weighted by molar-refractivity contribution is 5.54. The number of rotatable bonds is 7. The van der Waals surface area contributed by atoms with Gasteiger partial charge < -0.3 is 30.0 Å². The Bertz CT molecular complexity index is 738. The summed E-state index contributed by atoms with van der Waals surface area (Å²) in [4.78, 5) is 8.61. The van der Waals surface area contributed by atoms with Gasteiger partial charge in [0.25, 0.3) is 0 Å². The van der Waals surface area contributed by atoms with E-state index in [1.165, 1.54) is 0 Å². The molecule has 0 unspecified atom stereocenters. The van der Waals surface area contributed by atoms with Crippen molar-refractivity contribution in [2.24, 2.45) is 0 Å². The normalized spacial score (nSPS) is 16.3. The van der Waals surface area contributed by atoms with Crippen LogP contribution in [-0.4, -0.2) is 44.5 Å². The Morgan fingerprint density at radius 1 is 1.12 bits per heavy atom. The first-order valence-corrected chi connectivity index (χ1v) is 8.39. The van der Waals surface area contributed by atoms with Crippen LogP contribution < -0.4 is 25.3 Å². The number of hydrogen-bond donors (Lipinski definition) is 2. The summed E-state index contributed by atoms with van der Waals surface area (Å²) in [5.41, 5.74) is 7.73. The molecule has 3 N–H and O–H groups in total. The van der Waals surface area contributed by atoms with Crippen molar-refractivity contribution in [2.75, 3.05) is 45.6 Å². The minimum Gasteiger partial charge on any atom is -0.493 e. The summed E-state index contributed by atoms with van der Waals surface area (Å²) >= 11 is 0. The molecule has 3 rings (SSSR count). The average Bonchev–Trinajstić information content (AvgIpc) is 3.19. The molecule has 1 aliphatic heterocycles. The number of nitrogens with zero attached hydrogens (tertiary/aromatic N) is 2. The van der Waals surface area contributed by atoms with Gasteiger partial charge in [0.1, 0.15) is 5.82 Å². The van der Waals surface area contributed by atoms with Crippen molar-refractivity contribution >= 4 is 11.8 Å². The topological polar surface area (TPSA) is 101 Å². The maximum atomic E-state index is 5.87. The molecule has 1 saturated heterocycles. The summed E-state index contributed by atoms with van der Waals surface area (Å²) in [5.74, 6) is 2.97. The van der Waals surface area contributed by atoms with Crippen LogP contribution >= 0.6 is 0 Å². The molecular formula is C18H24N4O4. The van der Waals surface area contributed by atoms with Crippen molar-refractivity contribution in [1.29, 1.82) is 0 Å². The summed E-state index contributed by atoms with van der Waals surface area (Å²) in [6.45, 7) is 1.94. The number of ether oxygens (including phenoxy) is 4. The van der Waals surface area contributed by atoms with Gasteiger partial charge in [-0.3, -0.25) is 0 Å². The van der Waals surface area contributed by atoms with E-state index in [2.05, 4.69) is 15.3 Å². The molecule has 1 aliphatic rings. The third-order valence-corrected chi connectivity index (χ3v) is 4.31.